The van der Waals surface area contributed by atoms with Crippen LogP contribution in [0.3, 0.4) is 0 Å². The fraction of sp³-hybridized carbons (Fsp3) is 0.571. The van der Waals surface area contributed by atoms with E-state index >= 15 is 0 Å². The van der Waals surface area contributed by atoms with E-state index in [9.17, 15) is 4.79 Å². The van der Waals surface area contributed by atoms with Crippen LogP contribution in [0.25, 0.3) is 0 Å². The number of carbonyl (C=O) groups excluding carboxylic acids is 1. The summed E-state index contributed by atoms with van der Waals surface area (Å²) < 4.78 is 0. The second kappa shape index (κ2) is 5.57. The minimum absolute atomic E-state index is 0.0788. The van der Waals surface area contributed by atoms with Gasteiger partial charge in [-0.1, -0.05) is 6.07 Å². The van der Waals surface area contributed by atoms with Gasteiger partial charge in [0.15, 0.2) is 0 Å². The van der Waals surface area contributed by atoms with Gasteiger partial charge in [0.2, 0.25) is 5.91 Å². The van der Waals surface area contributed by atoms with E-state index in [-0.39, 0.29) is 17.9 Å². The van der Waals surface area contributed by atoms with Crippen molar-refractivity contribution in [1.82, 2.24) is 4.98 Å². The van der Waals surface area contributed by atoms with Crippen LogP contribution < -0.4 is 16.4 Å². The molecule has 4 N–H and O–H groups in total. The lowest BCUT2D eigenvalue weighted by molar-refractivity contribution is -0.122. The highest BCUT2D eigenvalue weighted by Crippen LogP contribution is 2.30. The highest BCUT2D eigenvalue weighted by atomic mass is 16.1. The summed E-state index contributed by atoms with van der Waals surface area (Å²) in [4.78, 5) is 18.0. The third-order valence-electron chi connectivity index (χ3n) is 3.86. The first-order valence-electron chi connectivity index (χ1n) is 6.77. The molecule has 1 amide bonds. The maximum absolute atomic E-state index is 11.4. The van der Waals surface area contributed by atoms with Crippen molar-refractivity contribution in [2.24, 2.45) is 17.4 Å². The zero-order valence-electron chi connectivity index (χ0n) is 11.5. The van der Waals surface area contributed by atoms with Gasteiger partial charge >= 0.3 is 0 Å². The summed E-state index contributed by atoms with van der Waals surface area (Å²) in [6.07, 6.45) is 3.57. The number of nitrogens with two attached hydrogens (primary N) is 2. The van der Waals surface area contributed by atoms with Crippen molar-refractivity contribution in [3.63, 3.8) is 0 Å². The molecule has 0 saturated carbocycles. The molecule has 5 nitrogen and oxygen atoms in total. The molecule has 0 aliphatic carbocycles. The topological polar surface area (TPSA) is 85.2 Å². The molecule has 0 bridgehead atoms. The van der Waals surface area contributed by atoms with Crippen LogP contribution in [0.15, 0.2) is 18.3 Å². The average molecular weight is 262 g/mol. The lowest BCUT2D eigenvalue weighted by Crippen LogP contribution is -2.46. The van der Waals surface area contributed by atoms with Gasteiger partial charge in [0.25, 0.3) is 0 Å². The van der Waals surface area contributed by atoms with Crippen LogP contribution >= 0.6 is 0 Å². The summed E-state index contributed by atoms with van der Waals surface area (Å²) in [7, 11) is 0. The van der Waals surface area contributed by atoms with Gasteiger partial charge in [-0.05, 0) is 32.8 Å². The number of piperidine rings is 1. The maximum atomic E-state index is 11.4. The first-order chi connectivity index (χ1) is 9.00. The SMILES string of the molecule is CC1CCC(C(N)=O)CN1c1ncccc1[C@@H](C)N. The van der Waals surface area contributed by atoms with Gasteiger partial charge in [-0.15, -0.1) is 0 Å². The molecule has 1 saturated heterocycles. The van der Waals surface area contributed by atoms with E-state index in [2.05, 4.69) is 16.8 Å². The molecule has 3 atom stereocenters. The molecule has 2 rings (SSSR count). The normalized spacial score (nSPS) is 25.1. The van der Waals surface area contributed by atoms with Gasteiger partial charge in [-0.3, -0.25) is 4.79 Å². The van der Waals surface area contributed by atoms with E-state index in [1.165, 1.54) is 0 Å². The second-order valence-corrected chi connectivity index (χ2v) is 5.38. The van der Waals surface area contributed by atoms with Crippen LogP contribution in [-0.4, -0.2) is 23.5 Å². The first kappa shape index (κ1) is 13.8. The molecule has 0 aromatic carbocycles. The van der Waals surface area contributed by atoms with Crippen molar-refractivity contribution in [2.45, 2.75) is 38.8 Å². The molecule has 1 fully saturated rings. The van der Waals surface area contributed by atoms with Crippen LogP contribution in [0, 0.1) is 5.92 Å². The third kappa shape index (κ3) is 2.87. The predicted octanol–water partition coefficient (Wildman–Crippen LogP) is 1.19. The van der Waals surface area contributed by atoms with E-state index in [1.54, 1.807) is 6.20 Å². The highest BCUT2D eigenvalue weighted by Gasteiger charge is 2.30. The molecule has 104 valence electrons. The number of pyridine rings is 1. The Balaban J connectivity index is 2.31. The summed E-state index contributed by atoms with van der Waals surface area (Å²) in [6, 6.07) is 4.16. The van der Waals surface area contributed by atoms with E-state index in [0.29, 0.717) is 12.6 Å². The summed E-state index contributed by atoms with van der Waals surface area (Å²) in [5, 5.41) is 0. The van der Waals surface area contributed by atoms with Gasteiger partial charge in [-0.2, -0.15) is 0 Å². The number of anilines is 1. The number of aromatic nitrogens is 1. The Morgan fingerprint density at radius 2 is 2.26 bits per heavy atom. The van der Waals surface area contributed by atoms with E-state index < -0.39 is 0 Å². The number of nitrogens with zero attached hydrogens (tertiary/aromatic N) is 2. The molecule has 1 aliphatic rings. The van der Waals surface area contributed by atoms with E-state index in [0.717, 1.165) is 24.2 Å². The standard InChI is InChI=1S/C14H22N4O/c1-9-5-6-11(13(16)19)8-18(9)14-12(10(2)15)4-3-7-17-14/h3-4,7,9-11H,5-6,8,15H2,1-2H3,(H2,16,19)/t9?,10-,11?/m1/s1. The molecule has 1 aliphatic heterocycles. The zero-order valence-corrected chi connectivity index (χ0v) is 11.5. The second-order valence-electron chi connectivity index (χ2n) is 5.38. The molecule has 0 radical (unpaired) electrons. The van der Waals surface area contributed by atoms with Crippen molar-refractivity contribution < 1.29 is 4.79 Å². The molecule has 0 spiro atoms. The van der Waals surface area contributed by atoms with Crippen LogP contribution in [0.1, 0.15) is 38.3 Å². The van der Waals surface area contributed by atoms with Gasteiger partial charge in [0, 0.05) is 30.4 Å². The quantitative estimate of drug-likeness (QED) is 0.857. The Hall–Kier alpha value is -1.62. The molecular weight excluding hydrogens is 240 g/mol. The van der Waals surface area contributed by atoms with Gasteiger partial charge in [0.1, 0.15) is 5.82 Å². The number of amides is 1. The minimum Gasteiger partial charge on any atom is -0.369 e. The molecule has 1 aromatic rings. The van der Waals surface area contributed by atoms with Gasteiger partial charge in [0.05, 0.1) is 5.92 Å². The lowest BCUT2D eigenvalue weighted by Gasteiger charge is -2.39. The Kier molecular flexibility index (Phi) is 4.04. The number of hydrogen-bond donors (Lipinski definition) is 2. The van der Waals surface area contributed by atoms with E-state index in [1.807, 2.05) is 19.1 Å². The first-order valence-corrected chi connectivity index (χ1v) is 6.77. The number of hydrogen-bond acceptors (Lipinski definition) is 4. The fourth-order valence-electron chi connectivity index (χ4n) is 2.64. The summed E-state index contributed by atoms with van der Waals surface area (Å²) in [5.74, 6) is 0.560. The molecule has 2 heterocycles. The van der Waals surface area contributed by atoms with Crippen LogP contribution in [-0.2, 0) is 4.79 Å². The van der Waals surface area contributed by atoms with Crippen molar-refractivity contribution >= 4 is 11.7 Å². The smallest absolute Gasteiger partial charge is 0.222 e. The molecule has 2 unspecified atom stereocenters. The van der Waals surface area contributed by atoms with Crippen molar-refractivity contribution in [3.05, 3.63) is 23.9 Å². The van der Waals surface area contributed by atoms with Crippen molar-refractivity contribution in [1.29, 1.82) is 0 Å². The van der Waals surface area contributed by atoms with Crippen LogP contribution in [0.2, 0.25) is 0 Å². The Morgan fingerprint density at radius 3 is 2.89 bits per heavy atom. The van der Waals surface area contributed by atoms with Gasteiger partial charge < -0.3 is 16.4 Å². The minimum atomic E-state index is -0.227. The van der Waals surface area contributed by atoms with Crippen molar-refractivity contribution in [3.8, 4) is 0 Å². The summed E-state index contributed by atoms with van der Waals surface area (Å²) >= 11 is 0. The Labute approximate surface area is 114 Å². The van der Waals surface area contributed by atoms with Crippen molar-refractivity contribution in [2.75, 3.05) is 11.4 Å². The summed E-state index contributed by atoms with van der Waals surface area (Å²) in [5.41, 5.74) is 12.5. The van der Waals surface area contributed by atoms with E-state index in [4.69, 9.17) is 11.5 Å². The summed E-state index contributed by atoms with van der Waals surface area (Å²) in [6.45, 7) is 4.73. The molecule has 1 aromatic heterocycles. The molecule has 19 heavy (non-hydrogen) atoms. The number of primary amides is 1. The maximum Gasteiger partial charge on any atom is 0.222 e. The van der Waals surface area contributed by atoms with Crippen LogP contribution in [0.4, 0.5) is 5.82 Å². The largest absolute Gasteiger partial charge is 0.369 e. The molecule has 5 heteroatoms. The average Bonchev–Trinajstić information content (AvgIpc) is 2.39. The Bertz CT molecular complexity index is 461. The van der Waals surface area contributed by atoms with Gasteiger partial charge in [-0.25, -0.2) is 4.98 Å². The monoisotopic (exact) mass is 262 g/mol. The fourth-order valence-corrected chi connectivity index (χ4v) is 2.64. The Morgan fingerprint density at radius 1 is 1.53 bits per heavy atom. The highest BCUT2D eigenvalue weighted by molar-refractivity contribution is 5.77. The van der Waals surface area contributed by atoms with Crippen LogP contribution in [0.5, 0.6) is 0 Å². The third-order valence-corrected chi connectivity index (χ3v) is 3.86. The zero-order chi connectivity index (χ0) is 14.0. The molecular formula is C14H22N4O. The number of carbonyl (C=O) groups is 1. The predicted molar refractivity (Wildman–Crippen MR) is 75.6 cm³/mol. The number of rotatable bonds is 3. The lowest BCUT2D eigenvalue weighted by atomic mass is 9.92.